The maximum absolute atomic E-state index is 12.5. The highest BCUT2D eigenvalue weighted by molar-refractivity contribution is 7.89. The maximum Gasteiger partial charge on any atom is 0.258 e. The van der Waals surface area contributed by atoms with Crippen LogP contribution in [0.4, 0.5) is 0 Å². The first kappa shape index (κ1) is 20.9. The van der Waals surface area contributed by atoms with E-state index in [1.165, 1.54) is 24.3 Å². The van der Waals surface area contributed by atoms with E-state index in [9.17, 15) is 13.2 Å². The van der Waals surface area contributed by atoms with Crippen molar-refractivity contribution in [2.45, 2.75) is 17.9 Å². The van der Waals surface area contributed by atoms with Crippen molar-refractivity contribution in [3.63, 3.8) is 0 Å². The third kappa shape index (κ3) is 6.67. The van der Waals surface area contributed by atoms with Gasteiger partial charge in [-0.1, -0.05) is 30.3 Å². The molecule has 0 aromatic heterocycles. The lowest BCUT2D eigenvalue weighted by molar-refractivity contribution is -0.123. The zero-order chi connectivity index (χ0) is 19.7. The molecule has 0 aliphatic rings. The fourth-order valence-electron chi connectivity index (χ4n) is 2.32. The summed E-state index contributed by atoms with van der Waals surface area (Å²) in [4.78, 5) is 11.7. The Hall–Kier alpha value is -2.42. The third-order valence-electron chi connectivity index (χ3n) is 3.76. The van der Waals surface area contributed by atoms with Gasteiger partial charge in [0.25, 0.3) is 5.91 Å². The number of nitrogens with one attached hydrogen (secondary N) is 2. The summed E-state index contributed by atoms with van der Waals surface area (Å²) in [7, 11) is -2.12. The van der Waals surface area contributed by atoms with E-state index in [-0.39, 0.29) is 23.5 Å². The fourth-order valence-corrected chi connectivity index (χ4v) is 3.55. The second-order valence-corrected chi connectivity index (χ2v) is 7.57. The molecule has 7 nitrogen and oxygen atoms in total. The number of sulfonamides is 1. The summed E-state index contributed by atoms with van der Waals surface area (Å²) < 4.78 is 37.9. The average Bonchev–Trinajstić information content (AvgIpc) is 2.67. The molecule has 0 bridgehead atoms. The first-order valence-corrected chi connectivity index (χ1v) is 9.96. The number of amides is 1. The Balaban J connectivity index is 1.92. The lowest BCUT2D eigenvalue weighted by atomic mass is 10.1. The van der Waals surface area contributed by atoms with Crippen molar-refractivity contribution in [2.75, 3.05) is 26.9 Å². The molecule has 0 heterocycles. The Bertz CT molecular complexity index is 823. The first-order chi connectivity index (χ1) is 12.9. The molecule has 0 saturated carbocycles. The lowest BCUT2D eigenvalue weighted by Gasteiger charge is -2.15. The van der Waals surface area contributed by atoms with Crippen LogP contribution in [0, 0.1) is 0 Å². The number of methoxy groups -OCH3 is 1. The van der Waals surface area contributed by atoms with Gasteiger partial charge in [-0.2, -0.15) is 0 Å². The molecule has 1 amide bonds. The summed E-state index contributed by atoms with van der Waals surface area (Å²) in [5.41, 5.74) is 0.875. The van der Waals surface area contributed by atoms with Crippen LogP contribution in [0.3, 0.4) is 0 Å². The molecule has 0 aliphatic heterocycles. The summed E-state index contributed by atoms with van der Waals surface area (Å²) in [6.45, 7) is 2.46. The van der Waals surface area contributed by atoms with Crippen molar-refractivity contribution >= 4 is 15.9 Å². The third-order valence-corrected chi connectivity index (χ3v) is 5.32. The average molecular weight is 392 g/mol. The van der Waals surface area contributed by atoms with E-state index in [1.54, 1.807) is 14.0 Å². The Morgan fingerprint density at radius 1 is 1.07 bits per heavy atom. The Morgan fingerprint density at radius 2 is 1.74 bits per heavy atom. The molecule has 0 aliphatic carbocycles. The van der Waals surface area contributed by atoms with E-state index >= 15 is 0 Å². The number of ether oxygens (including phenoxy) is 2. The van der Waals surface area contributed by atoms with Gasteiger partial charge in [-0.15, -0.1) is 0 Å². The minimum atomic E-state index is -3.67. The molecule has 2 aromatic rings. The van der Waals surface area contributed by atoms with E-state index in [4.69, 9.17) is 9.47 Å². The van der Waals surface area contributed by atoms with Gasteiger partial charge in [-0.05, 0) is 36.8 Å². The van der Waals surface area contributed by atoms with Crippen LogP contribution in [0.15, 0.2) is 59.5 Å². The normalized spacial score (nSPS) is 12.4. The highest BCUT2D eigenvalue weighted by Gasteiger charge is 2.18. The second kappa shape index (κ2) is 10.1. The van der Waals surface area contributed by atoms with Crippen LogP contribution in [0.2, 0.25) is 0 Å². The molecule has 2 N–H and O–H groups in total. The van der Waals surface area contributed by atoms with Crippen LogP contribution in [-0.4, -0.2) is 41.2 Å². The second-order valence-electron chi connectivity index (χ2n) is 5.86. The summed E-state index contributed by atoms with van der Waals surface area (Å²) in [5, 5.41) is 2.63. The van der Waals surface area contributed by atoms with Crippen molar-refractivity contribution in [3.05, 3.63) is 60.2 Å². The first-order valence-electron chi connectivity index (χ1n) is 8.48. The monoisotopic (exact) mass is 392 g/mol. The minimum Gasteiger partial charge on any atom is -0.484 e. The van der Waals surface area contributed by atoms with Crippen molar-refractivity contribution in [3.8, 4) is 5.75 Å². The van der Waals surface area contributed by atoms with Gasteiger partial charge in [0.15, 0.2) is 6.61 Å². The molecule has 146 valence electrons. The van der Waals surface area contributed by atoms with Gasteiger partial charge in [0.2, 0.25) is 10.0 Å². The van der Waals surface area contributed by atoms with Crippen molar-refractivity contribution in [1.29, 1.82) is 0 Å². The van der Waals surface area contributed by atoms with Gasteiger partial charge >= 0.3 is 0 Å². The van der Waals surface area contributed by atoms with Gasteiger partial charge in [0, 0.05) is 19.7 Å². The summed E-state index contributed by atoms with van der Waals surface area (Å²) >= 11 is 0. The molecule has 2 rings (SSSR count). The molecule has 0 saturated heterocycles. The molecule has 0 spiro atoms. The van der Waals surface area contributed by atoms with Gasteiger partial charge < -0.3 is 14.8 Å². The van der Waals surface area contributed by atoms with Crippen molar-refractivity contribution in [2.24, 2.45) is 0 Å². The highest BCUT2D eigenvalue weighted by Crippen LogP contribution is 2.19. The molecular formula is C19H24N2O5S. The number of carbonyl (C=O) groups excluding carboxylic acids is 1. The van der Waals surface area contributed by atoms with Crippen LogP contribution in [0.5, 0.6) is 5.75 Å². The zero-order valence-electron chi connectivity index (χ0n) is 15.3. The van der Waals surface area contributed by atoms with E-state index in [1.807, 2.05) is 30.3 Å². The maximum atomic E-state index is 12.5. The number of hydrogen-bond acceptors (Lipinski definition) is 5. The molecule has 0 fully saturated rings. The summed E-state index contributed by atoms with van der Waals surface area (Å²) in [6, 6.07) is 14.9. The van der Waals surface area contributed by atoms with Gasteiger partial charge in [-0.25, -0.2) is 13.1 Å². The molecule has 0 radical (unpaired) electrons. The molecule has 8 heteroatoms. The predicted molar refractivity (Wildman–Crippen MR) is 102 cm³/mol. The van der Waals surface area contributed by atoms with E-state index in [2.05, 4.69) is 10.0 Å². The largest absolute Gasteiger partial charge is 0.484 e. The Labute approximate surface area is 159 Å². The smallest absolute Gasteiger partial charge is 0.258 e. The summed E-state index contributed by atoms with van der Waals surface area (Å²) in [5.74, 6) is 0.133. The van der Waals surface area contributed by atoms with Crippen LogP contribution in [-0.2, 0) is 19.6 Å². The van der Waals surface area contributed by atoms with E-state index in [0.29, 0.717) is 18.9 Å². The molecular weight excluding hydrogens is 368 g/mol. The van der Waals surface area contributed by atoms with Crippen LogP contribution in [0.1, 0.15) is 18.5 Å². The molecule has 27 heavy (non-hydrogen) atoms. The Morgan fingerprint density at radius 3 is 2.37 bits per heavy atom. The van der Waals surface area contributed by atoms with Crippen LogP contribution in [0.25, 0.3) is 0 Å². The number of carbonyl (C=O) groups is 1. The van der Waals surface area contributed by atoms with E-state index < -0.39 is 10.0 Å². The standard InChI is InChI=1S/C19H24N2O5S/c1-15(16-6-4-3-5-7-16)21-27(23,24)18-10-8-17(9-11-18)26-14-19(22)20-12-13-25-2/h3-11,15,21H,12-14H2,1-2H3,(H,20,22)/t15-/m1/s1. The van der Waals surface area contributed by atoms with Gasteiger partial charge in [0.1, 0.15) is 5.75 Å². The molecule has 1 atom stereocenters. The van der Waals surface area contributed by atoms with Crippen molar-refractivity contribution < 1.29 is 22.7 Å². The number of benzene rings is 2. The Kier molecular flexibility index (Phi) is 7.78. The topological polar surface area (TPSA) is 93.7 Å². The van der Waals surface area contributed by atoms with Crippen molar-refractivity contribution in [1.82, 2.24) is 10.0 Å². The minimum absolute atomic E-state index is 0.127. The molecule has 0 unspecified atom stereocenters. The van der Waals surface area contributed by atoms with E-state index in [0.717, 1.165) is 5.56 Å². The molecule has 2 aromatic carbocycles. The highest BCUT2D eigenvalue weighted by atomic mass is 32.2. The SMILES string of the molecule is COCCNC(=O)COc1ccc(S(=O)(=O)N[C@H](C)c2ccccc2)cc1. The van der Waals surface area contributed by atoms with Gasteiger partial charge in [-0.3, -0.25) is 4.79 Å². The lowest BCUT2D eigenvalue weighted by Crippen LogP contribution is -2.31. The predicted octanol–water partition coefficient (Wildman–Crippen LogP) is 1.87. The number of rotatable bonds is 10. The van der Waals surface area contributed by atoms with Crippen LogP contribution < -0.4 is 14.8 Å². The van der Waals surface area contributed by atoms with Crippen LogP contribution >= 0.6 is 0 Å². The quantitative estimate of drug-likeness (QED) is 0.602. The zero-order valence-corrected chi connectivity index (χ0v) is 16.2. The van der Waals surface area contributed by atoms with Gasteiger partial charge in [0.05, 0.1) is 11.5 Å². The fraction of sp³-hybridized carbons (Fsp3) is 0.316. The summed E-state index contributed by atoms with van der Waals surface area (Å²) in [6.07, 6.45) is 0. The number of hydrogen-bond donors (Lipinski definition) is 2.